The summed E-state index contributed by atoms with van der Waals surface area (Å²) < 4.78 is 39.2. The van der Waals surface area contributed by atoms with Crippen LogP contribution in [0.5, 0.6) is 0 Å². The average Bonchev–Trinajstić information content (AvgIpc) is 2.72. The van der Waals surface area contributed by atoms with Gasteiger partial charge in [0.05, 0.1) is 0 Å². The van der Waals surface area contributed by atoms with Crippen LogP contribution in [0, 0.1) is 0 Å². The molecule has 0 heterocycles. The highest BCUT2D eigenvalue weighted by molar-refractivity contribution is 6.60. The monoisotopic (exact) mass is 484 g/mol. The minimum Gasteiger partial charge on any atom is -0.374 e. The molecule has 0 bridgehead atoms. The van der Waals surface area contributed by atoms with Crippen molar-refractivity contribution in [3.63, 3.8) is 0 Å². The second-order valence-electron chi connectivity index (χ2n) is 6.73. The summed E-state index contributed by atoms with van der Waals surface area (Å²) in [6, 6.07) is 0.967. The van der Waals surface area contributed by atoms with Crippen molar-refractivity contribution in [2.24, 2.45) is 0 Å². The molecule has 0 aromatic rings. The van der Waals surface area contributed by atoms with Gasteiger partial charge in [-0.1, -0.05) is 39.0 Å². The van der Waals surface area contributed by atoms with Crippen molar-refractivity contribution in [3.05, 3.63) is 0 Å². The Bertz CT molecular complexity index is 316. The van der Waals surface area contributed by atoms with Gasteiger partial charge in [-0.3, -0.25) is 0 Å². The molecule has 0 spiro atoms. The molecule has 0 N–H and O–H groups in total. The molecule has 0 amide bonds. The molecule has 31 heavy (non-hydrogen) atoms. The van der Waals surface area contributed by atoms with Crippen LogP contribution in [0.4, 0.5) is 0 Å². The molecular weight excluding hydrogens is 432 g/mol. The summed E-state index contributed by atoms with van der Waals surface area (Å²) in [5, 5.41) is 0. The Morgan fingerprint density at radius 1 is 0.387 bits per heavy atom. The summed E-state index contributed by atoms with van der Waals surface area (Å²) in [6.45, 7) is 20.1. The van der Waals surface area contributed by atoms with Gasteiger partial charge < -0.3 is 31.0 Å². The van der Waals surface area contributed by atoms with Crippen LogP contribution in [0.25, 0.3) is 0 Å². The first-order valence-corrected chi connectivity index (χ1v) is 16.0. The molecule has 0 radical (unpaired) electrons. The van der Waals surface area contributed by atoms with Crippen molar-refractivity contribution in [1.29, 1.82) is 0 Å². The number of hydrogen-bond acceptors (Lipinski definition) is 7. The Hall–Kier alpha value is 0.154. The molecule has 0 atom stereocenters. The lowest BCUT2D eigenvalue weighted by atomic mass is 10.1. The third-order valence-corrected chi connectivity index (χ3v) is 9.93. The summed E-state index contributed by atoms with van der Waals surface area (Å²) >= 11 is 0. The Morgan fingerprint density at radius 3 is 1.03 bits per heavy atom. The van der Waals surface area contributed by atoms with E-state index in [0.29, 0.717) is 46.2 Å². The van der Waals surface area contributed by atoms with Crippen molar-refractivity contribution in [2.45, 2.75) is 100.0 Å². The standard InChI is InChI=1S/C14H32O3Si.C8H20O4Si/c1-5-9-10-11-12-13-14-18(15-6-2,16-7-3)17-8-4;1-5-9-13(10-6-2,11-7-3)12-8-4/h5-14H2,1-4H3;5-8H2,1-4H3. The van der Waals surface area contributed by atoms with Crippen molar-refractivity contribution < 1.29 is 31.0 Å². The molecule has 0 aromatic heterocycles. The van der Waals surface area contributed by atoms with Crippen LogP contribution in [0.1, 0.15) is 93.9 Å². The molecule has 0 fully saturated rings. The number of unbranched alkanes of at least 4 members (excludes halogenated alkanes) is 5. The van der Waals surface area contributed by atoms with Crippen molar-refractivity contribution >= 4 is 17.9 Å². The Balaban J connectivity index is 0. The van der Waals surface area contributed by atoms with Gasteiger partial charge in [0.2, 0.25) is 0 Å². The fourth-order valence-corrected chi connectivity index (χ4v) is 7.68. The number of rotatable bonds is 21. The van der Waals surface area contributed by atoms with Gasteiger partial charge in [-0.2, -0.15) is 0 Å². The van der Waals surface area contributed by atoms with Gasteiger partial charge in [-0.05, 0) is 54.9 Å². The van der Waals surface area contributed by atoms with E-state index >= 15 is 0 Å². The molecule has 0 aliphatic carbocycles. The molecular formula is C22H52O7Si2. The Labute approximate surface area is 195 Å². The van der Waals surface area contributed by atoms with Gasteiger partial charge in [-0.15, -0.1) is 0 Å². The molecule has 0 aliphatic heterocycles. The predicted octanol–water partition coefficient (Wildman–Crippen LogP) is 5.96. The summed E-state index contributed by atoms with van der Waals surface area (Å²) in [5.41, 5.74) is 0. The molecule has 0 aromatic carbocycles. The van der Waals surface area contributed by atoms with Crippen LogP contribution in [0.15, 0.2) is 0 Å². The van der Waals surface area contributed by atoms with Crippen LogP contribution in [-0.2, 0) is 31.0 Å². The summed E-state index contributed by atoms with van der Waals surface area (Å²) in [4.78, 5) is 0. The zero-order chi connectivity index (χ0) is 23.8. The second-order valence-corrected chi connectivity index (χ2v) is 11.6. The largest absolute Gasteiger partial charge is 0.679 e. The lowest BCUT2D eigenvalue weighted by Gasteiger charge is -2.28. The molecule has 0 saturated carbocycles. The molecule has 0 rings (SSSR count). The lowest BCUT2D eigenvalue weighted by molar-refractivity contribution is -0.0247. The molecule has 7 nitrogen and oxygen atoms in total. The maximum absolute atomic E-state index is 5.83. The molecule has 190 valence electrons. The van der Waals surface area contributed by atoms with Gasteiger partial charge in [-0.25, -0.2) is 0 Å². The highest BCUT2D eigenvalue weighted by atomic mass is 28.4. The lowest BCUT2D eigenvalue weighted by Crippen LogP contribution is -2.49. The van der Waals surface area contributed by atoms with Crippen molar-refractivity contribution in [2.75, 3.05) is 46.2 Å². The van der Waals surface area contributed by atoms with Gasteiger partial charge in [0, 0.05) is 52.3 Å². The van der Waals surface area contributed by atoms with Gasteiger partial charge >= 0.3 is 17.9 Å². The van der Waals surface area contributed by atoms with Crippen molar-refractivity contribution in [3.8, 4) is 0 Å². The average molecular weight is 485 g/mol. The molecule has 0 saturated heterocycles. The van der Waals surface area contributed by atoms with Gasteiger partial charge in [0.15, 0.2) is 0 Å². The SMILES string of the molecule is CCCCCCCC[Si](OCC)(OCC)OCC.CCO[Si](OCC)(OCC)OCC. The first-order chi connectivity index (χ1) is 15.0. The Kier molecular flexibility index (Phi) is 25.1. The van der Waals surface area contributed by atoms with Crippen LogP contribution in [0.3, 0.4) is 0 Å². The van der Waals surface area contributed by atoms with E-state index in [4.69, 9.17) is 31.0 Å². The van der Waals surface area contributed by atoms with Gasteiger partial charge in [0.1, 0.15) is 0 Å². The minimum absolute atomic E-state index is 0.548. The zero-order valence-electron chi connectivity index (χ0n) is 21.8. The summed E-state index contributed by atoms with van der Waals surface area (Å²) in [7, 11) is -5.16. The van der Waals surface area contributed by atoms with E-state index in [0.717, 1.165) is 12.5 Å². The van der Waals surface area contributed by atoms with E-state index in [1.807, 2.05) is 48.5 Å². The zero-order valence-corrected chi connectivity index (χ0v) is 23.8. The van der Waals surface area contributed by atoms with Crippen LogP contribution in [-0.4, -0.2) is 64.1 Å². The fraction of sp³-hybridized carbons (Fsp3) is 1.00. The van der Waals surface area contributed by atoms with E-state index < -0.39 is 17.9 Å². The highest BCUT2D eigenvalue weighted by Gasteiger charge is 2.44. The summed E-state index contributed by atoms with van der Waals surface area (Å²) in [6.07, 6.45) is 7.75. The molecule has 9 heteroatoms. The third kappa shape index (κ3) is 17.3. The minimum atomic E-state index is -2.80. The topological polar surface area (TPSA) is 64.6 Å². The van der Waals surface area contributed by atoms with Crippen LogP contribution < -0.4 is 0 Å². The quantitative estimate of drug-likeness (QED) is 0.147. The van der Waals surface area contributed by atoms with E-state index in [-0.39, 0.29) is 0 Å². The van der Waals surface area contributed by atoms with E-state index in [1.54, 1.807) is 0 Å². The van der Waals surface area contributed by atoms with E-state index in [9.17, 15) is 0 Å². The highest BCUT2D eigenvalue weighted by Crippen LogP contribution is 2.20. The maximum Gasteiger partial charge on any atom is 0.679 e. The third-order valence-electron chi connectivity index (χ3n) is 4.21. The van der Waals surface area contributed by atoms with Crippen LogP contribution >= 0.6 is 0 Å². The van der Waals surface area contributed by atoms with E-state index in [2.05, 4.69) is 6.92 Å². The summed E-state index contributed by atoms with van der Waals surface area (Å²) in [5.74, 6) is 0. The van der Waals surface area contributed by atoms with Crippen molar-refractivity contribution in [1.82, 2.24) is 0 Å². The second kappa shape index (κ2) is 23.3. The Morgan fingerprint density at radius 2 is 0.710 bits per heavy atom. The first kappa shape index (κ1) is 33.3. The predicted molar refractivity (Wildman–Crippen MR) is 131 cm³/mol. The number of hydrogen-bond donors (Lipinski definition) is 0. The van der Waals surface area contributed by atoms with Gasteiger partial charge in [0.25, 0.3) is 0 Å². The normalized spacial score (nSPS) is 12.0. The van der Waals surface area contributed by atoms with Crippen LogP contribution in [0.2, 0.25) is 6.04 Å². The maximum atomic E-state index is 5.83. The van der Waals surface area contributed by atoms with E-state index in [1.165, 1.54) is 32.1 Å². The molecule has 0 aliphatic rings. The first-order valence-electron chi connectivity index (χ1n) is 12.5. The smallest absolute Gasteiger partial charge is 0.374 e. The molecule has 0 unspecified atom stereocenters. The fourth-order valence-electron chi connectivity index (χ4n) is 3.08.